The van der Waals surface area contributed by atoms with Gasteiger partial charge in [0.1, 0.15) is 0 Å². The van der Waals surface area contributed by atoms with Gasteiger partial charge in [-0.15, -0.1) is 0 Å². The van der Waals surface area contributed by atoms with Crippen molar-refractivity contribution < 1.29 is 5.11 Å². The molecule has 0 aliphatic carbocycles. The van der Waals surface area contributed by atoms with Gasteiger partial charge in [0.2, 0.25) is 0 Å². The third kappa shape index (κ3) is 3.81. The van der Waals surface area contributed by atoms with Crippen LogP contribution in [0.4, 0.5) is 0 Å². The van der Waals surface area contributed by atoms with Crippen molar-refractivity contribution in [2.75, 3.05) is 12.4 Å². The van der Waals surface area contributed by atoms with E-state index in [2.05, 4.69) is 32.0 Å². The zero-order valence-electron chi connectivity index (χ0n) is 10.2. The van der Waals surface area contributed by atoms with Crippen LogP contribution < -0.4 is 5.73 Å². The van der Waals surface area contributed by atoms with Crippen LogP contribution in [-0.4, -0.2) is 22.7 Å². The molecule has 0 radical (unpaired) electrons. The summed E-state index contributed by atoms with van der Waals surface area (Å²) >= 11 is 1.72. The Morgan fingerprint density at radius 1 is 1.38 bits per heavy atom. The van der Waals surface area contributed by atoms with Gasteiger partial charge in [0.25, 0.3) is 0 Å². The molecule has 0 aliphatic rings. The van der Waals surface area contributed by atoms with E-state index in [1.54, 1.807) is 11.8 Å². The molecule has 0 saturated carbocycles. The molecule has 0 fully saturated rings. The number of aryl methyl sites for hydroxylation is 2. The second kappa shape index (κ2) is 6.28. The second-order valence-corrected chi connectivity index (χ2v) is 5.76. The van der Waals surface area contributed by atoms with Crippen LogP contribution >= 0.6 is 11.8 Å². The van der Waals surface area contributed by atoms with Crippen molar-refractivity contribution in [1.82, 2.24) is 0 Å². The van der Waals surface area contributed by atoms with Crippen LogP contribution in [0.25, 0.3) is 0 Å². The molecule has 2 atom stereocenters. The molecule has 2 unspecified atom stereocenters. The summed E-state index contributed by atoms with van der Waals surface area (Å²) in [4.78, 5) is 0. The maximum absolute atomic E-state index is 8.96. The summed E-state index contributed by atoms with van der Waals surface area (Å²) in [5.74, 6) is 0.853. The van der Waals surface area contributed by atoms with Gasteiger partial charge in [-0.25, -0.2) is 0 Å². The van der Waals surface area contributed by atoms with E-state index in [0.29, 0.717) is 0 Å². The molecule has 3 N–H and O–H groups in total. The van der Waals surface area contributed by atoms with Crippen LogP contribution in [0.15, 0.2) is 18.2 Å². The van der Waals surface area contributed by atoms with Crippen molar-refractivity contribution in [2.24, 2.45) is 5.73 Å². The lowest BCUT2D eigenvalue weighted by atomic mass is 10.0. The summed E-state index contributed by atoms with van der Waals surface area (Å²) in [5.41, 5.74) is 9.88. The maximum atomic E-state index is 8.96. The molecule has 1 aromatic rings. The highest BCUT2D eigenvalue weighted by molar-refractivity contribution is 7.99. The predicted octanol–water partition coefficient (Wildman–Crippen LogP) is 2.42. The zero-order chi connectivity index (χ0) is 12.1. The van der Waals surface area contributed by atoms with E-state index in [0.717, 1.165) is 5.75 Å². The largest absolute Gasteiger partial charge is 0.395 e. The van der Waals surface area contributed by atoms with Crippen LogP contribution in [0.2, 0.25) is 0 Å². The smallest absolute Gasteiger partial charge is 0.0547 e. The SMILES string of the molecule is Cc1ccc(C)c(C(N)CSC(C)CO)c1. The topological polar surface area (TPSA) is 46.2 Å². The van der Waals surface area contributed by atoms with Gasteiger partial charge in [-0.05, 0) is 25.0 Å². The van der Waals surface area contributed by atoms with E-state index in [9.17, 15) is 0 Å². The van der Waals surface area contributed by atoms with Gasteiger partial charge in [-0.1, -0.05) is 30.7 Å². The average Bonchev–Trinajstić information content (AvgIpc) is 2.28. The fourth-order valence-corrected chi connectivity index (χ4v) is 2.39. The lowest BCUT2D eigenvalue weighted by molar-refractivity contribution is 0.300. The first kappa shape index (κ1) is 13.6. The van der Waals surface area contributed by atoms with Crippen LogP contribution in [0, 0.1) is 13.8 Å². The molecule has 0 spiro atoms. The number of hydrogen-bond acceptors (Lipinski definition) is 3. The standard InChI is InChI=1S/C13H21NOS/c1-9-4-5-10(2)12(6-9)13(14)8-16-11(3)7-15/h4-6,11,13,15H,7-8,14H2,1-3H3. The average molecular weight is 239 g/mol. The quantitative estimate of drug-likeness (QED) is 0.829. The number of rotatable bonds is 5. The third-order valence-electron chi connectivity index (χ3n) is 2.65. The molecule has 0 saturated heterocycles. The van der Waals surface area contributed by atoms with Gasteiger partial charge in [0.05, 0.1) is 6.61 Å². The van der Waals surface area contributed by atoms with Crippen molar-refractivity contribution in [3.63, 3.8) is 0 Å². The monoisotopic (exact) mass is 239 g/mol. The molecule has 0 aromatic heterocycles. The van der Waals surface area contributed by atoms with E-state index < -0.39 is 0 Å². The number of aliphatic hydroxyl groups excluding tert-OH is 1. The van der Waals surface area contributed by atoms with Gasteiger partial charge in [-0.2, -0.15) is 11.8 Å². The predicted molar refractivity (Wildman–Crippen MR) is 71.9 cm³/mol. The Bertz CT molecular complexity index is 341. The second-order valence-electron chi connectivity index (χ2n) is 4.29. The van der Waals surface area contributed by atoms with Crippen LogP contribution in [0.3, 0.4) is 0 Å². The first-order chi connectivity index (χ1) is 7.54. The fraction of sp³-hybridized carbons (Fsp3) is 0.538. The summed E-state index contributed by atoms with van der Waals surface area (Å²) in [5, 5.41) is 9.22. The van der Waals surface area contributed by atoms with Gasteiger partial charge in [0, 0.05) is 17.0 Å². The highest BCUT2D eigenvalue weighted by atomic mass is 32.2. The van der Waals surface area contributed by atoms with Gasteiger partial charge >= 0.3 is 0 Å². The molecule has 1 aromatic carbocycles. The third-order valence-corrected chi connectivity index (χ3v) is 3.92. The molecule has 0 bridgehead atoms. The number of thioether (sulfide) groups is 1. The van der Waals surface area contributed by atoms with Crippen molar-refractivity contribution in [3.8, 4) is 0 Å². The van der Waals surface area contributed by atoms with E-state index in [1.165, 1.54) is 16.7 Å². The first-order valence-corrected chi connectivity index (χ1v) is 6.64. The molecule has 16 heavy (non-hydrogen) atoms. The number of nitrogens with two attached hydrogens (primary N) is 1. The Labute approximate surface area is 102 Å². The van der Waals surface area contributed by atoms with E-state index >= 15 is 0 Å². The Hall–Kier alpha value is -0.510. The lowest BCUT2D eigenvalue weighted by Crippen LogP contribution is -2.17. The molecule has 3 heteroatoms. The Balaban J connectivity index is 2.65. The van der Waals surface area contributed by atoms with Gasteiger partial charge in [0.15, 0.2) is 0 Å². The van der Waals surface area contributed by atoms with Crippen molar-refractivity contribution >= 4 is 11.8 Å². The van der Waals surface area contributed by atoms with Crippen LogP contribution in [-0.2, 0) is 0 Å². The molecular weight excluding hydrogens is 218 g/mol. The van der Waals surface area contributed by atoms with Crippen molar-refractivity contribution in [1.29, 1.82) is 0 Å². The molecule has 0 amide bonds. The normalized spacial score (nSPS) is 14.8. The maximum Gasteiger partial charge on any atom is 0.0547 e. The fourth-order valence-electron chi connectivity index (χ4n) is 1.57. The van der Waals surface area contributed by atoms with Crippen molar-refractivity contribution in [3.05, 3.63) is 34.9 Å². The van der Waals surface area contributed by atoms with Gasteiger partial charge in [-0.3, -0.25) is 0 Å². The molecule has 2 nitrogen and oxygen atoms in total. The van der Waals surface area contributed by atoms with E-state index in [-0.39, 0.29) is 17.9 Å². The molecule has 1 rings (SSSR count). The summed E-state index contributed by atoms with van der Waals surface area (Å²) in [6.07, 6.45) is 0. The summed E-state index contributed by atoms with van der Waals surface area (Å²) in [6, 6.07) is 6.43. The van der Waals surface area contributed by atoms with Crippen LogP contribution in [0.1, 0.15) is 29.7 Å². The Kier molecular flexibility index (Phi) is 5.32. The lowest BCUT2D eigenvalue weighted by Gasteiger charge is -2.17. The minimum Gasteiger partial charge on any atom is -0.395 e. The highest BCUT2D eigenvalue weighted by Crippen LogP contribution is 2.22. The zero-order valence-corrected chi connectivity index (χ0v) is 11.1. The summed E-state index contributed by atoms with van der Waals surface area (Å²) in [6.45, 7) is 6.40. The first-order valence-electron chi connectivity index (χ1n) is 5.59. The number of aliphatic hydroxyl groups is 1. The van der Waals surface area contributed by atoms with Gasteiger partial charge < -0.3 is 10.8 Å². The van der Waals surface area contributed by atoms with Crippen molar-refractivity contribution in [2.45, 2.75) is 32.1 Å². The van der Waals surface area contributed by atoms with E-state index in [4.69, 9.17) is 10.8 Å². The summed E-state index contributed by atoms with van der Waals surface area (Å²) in [7, 11) is 0. The number of benzene rings is 1. The molecule has 0 aliphatic heterocycles. The molecule has 90 valence electrons. The van der Waals surface area contributed by atoms with Crippen LogP contribution in [0.5, 0.6) is 0 Å². The molecular formula is C13H21NOS. The highest BCUT2D eigenvalue weighted by Gasteiger charge is 2.11. The van der Waals surface area contributed by atoms with E-state index in [1.807, 2.05) is 6.92 Å². The Morgan fingerprint density at radius 3 is 2.69 bits per heavy atom. The summed E-state index contributed by atoms with van der Waals surface area (Å²) < 4.78 is 0. The minimum atomic E-state index is 0.0545. The molecule has 0 heterocycles. The number of hydrogen-bond donors (Lipinski definition) is 2. The Morgan fingerprint density at radius 2 is 2.06 bits per heavy atom. The minimum absolute atomic E-state index is 0.0545.